The highest BCUT2D eigenvalue weighted by Gasteiger charge is 2.29. The minimum absolute atomic E-state index is 0.701. The number of hydrogen-bond acceptors (Lipinski definition) is 8. The van der Waals surface area contributed by atoms with Gasteiger partial charge in [-0.3, -0.25) is 0 Å². The molecule has 8 aromatic carbocycles. The van der Waals surface area contributed by atoms with Crippen molar-refractivity contribution in [3.05, 3.63) is 334 Å². The van der Waals surface area contributed by atoms with Crippen LogP contribution in [0.25, 0.3) is 178 Å². The smallest absolute Gasteiger partial charge is 0.227 e. The number of aryl methyl sites for hydroxylation is 17. The molecule has 0 atom stereocenters. The summed E-state index contributed by atoms with van der Waals surface area (Å²) in [6.45, 7) is 27.4. The molecule has 12 heteroatoms. The molecule has 0 spiro atoms. The SMILES string of the molecule is Cc1ccc2c(n1)oc1c(-c3cc(C)c(-c4ccccc4)c[n+]3C)c(C)cc(C)c12.Cc1ccc2c(n1)oc1c(-c3cc(C)c(-c4ccccc4)c[n+]3C)c(C)ccc12.Cc1ccc2c(n1)oc1c(-c3cc(C)c(-c4ccccc4)c[n+]3C)c(C)ccc12.Cc1ccc2c(n1)oc1c(-c3ccc(-c4ccccc4)c[n+]3C)c(C)cc(C)c12. The monoisotopic (exact) mass is 1530 g/mol. The third kappa shape index (κ3) is 14.1. The summed E-state index contributed by atoms with van der Waals surface area (Å²) in [6.07, 6.45) is 8.82. The van der Waals surface area contributed by atoms with Crippen molar-refractivity contribution in [3.63, 3.8) is 0 Å². The molecule has 0 aliphatic rings. The average Bonchev–Trinajstić information content (AvgIpc) is 1.63. The Morgan fingerprint density at radius 1 is 0.214 bits per heavy atom. The summed E-state index contributed by atoms with van der Waals surface area (Å²) in [5, 5.41) is 8.81. The van der Waals surface area contributed by atoms with E-state index in [1.165, 1.54) is 94.6 Å². The summed E-state index contributed by atoms with van der Waals surface area (Å²) in [5.41, 5.74) is 40.1. The van der Waals surface area contributed by atoms with E-state index in [0.717, 1.165) is 133 Å². The van der Waals surface area contributed by atoms with Crippen LogP contribution in [0.5, 0.6) is 0 Å². The van der Waals surface area contributed by atoms with Gasteiger partial charge in [0.15, 0.2) is 47.1 Å². The summed E-state index contributed by atoms with van der Waals surface area (Å²) < 4.78 is 34.0. The molecule has 0 aliphatic heterocycles. The predicted octanol–water partition coefficient (Wildman–Crippen LogP) is 24.6. The van der Waals surface area contributed by atoms with E-state index in [1.807, 2.05) is 52.0 Å². The Labute approximate surface area is 682 Å². The molecule has 574 valence electrons. The van der Waals surface area contributed by atoms with Gasteiger partial charge in [-0.25, -0.2) is 38.2 Å². The molecule has 0 N–H and O–H groups in total. The largest absolute Gasteiger partial charge is 0.437 e. The summed E-state index contributed by atoms with van der Waals surface area (Å²) in [7, 11) is 8.41. The van der Waals surface area contributed by atoms with Crippen LogP contribution in [-0.4, -0.2) is 19.9 Å². The van der Waals surface area contributed by atoms with Gasteiger partial charge in [0, 0.05) is 112 Å². The van der Waals surface area contributed by atoms with Crippen LogP contribution in [0.15, 0.2) is 279 Å². The Kier molecular flexibility index (Phi) is 20.0. The van der Waals surface area contributed by atoms with Crippen LogP contribution in [-0.2, 0) is 28.2 Å². The molecule has 12 heterocycles. The van der Waals surface area contributed by atoms with Crippen molar-refractivity contribution < 1.29 is 35.9 Å². The van der Waals surface area contributed by atoms with E-state index >= 15 is 0 Å². The van der Waals surface area contributed by atoms with Crippen LogP contribution in [0.4, 0.5) is 0 Å². The quantitative estimate of drug-likeness (QED) is 0.138. The maximum atomic E-state index is 6.37. The molecule has 0 amide bonds. The molecule has 20 rings (SSSR count). The Morgan fingerprint density at radius 3 is 0.855 bits per heavy atom. The third-order valence-electron chi connectivity index (χ3n) is 23.0. The first-order valence-electron chi connectivity index (χ1n) is 39.9. The molecule has 0 saturated carbocycles. The zero-order valence-electron chi connectivity index (χ0n) is 69.5. The van der Waals surface area contributed by atoms with E-state index in [-0.39, 0.29) is 0 Å². The van der Waals surface area contributed by atoms with Gasteiger partial charge in [-0.15, -0.1) is 0 Å². The van der Waals surface area contributed by atoms with Gasteiger partial charge in [-0.2, -0.15) is 0 Å². The van der Waals surface area contributed by atoms with Gasteiger partial charge < -0.3 is 17.7 Å². The highest BCUT2D eigenvalue weighted by atomic mass is 16.4. The number of aromatic nitrogens is 8. The maximum Gasteiger partial charge on any atom is 0.227 e. The third-order valence-corrected chi connectivity index (χ3v) is 23.0. The standard InChI is InChI=1S/C27H25N2O.3C26H23N2O/c1-16-14-23(29(5)15-22(16)20-9-7-6-8-10-20)25-18(3)13-17(2)24-21-12-11-19(4)28-27(21)30-26(24)25;1-16-14-17(2)24(25-23(16)21-12-10-18(3)27-26(21)29-25)22-13-11-20(15-28(22)4)19-8-6-5-7-9-19;2*1-16-10-12-20-21-13-11-18(3)27-26(21)29-25(20)24(16)23-14-17(2)22(15-28(23)4)19-8-6-5-7-9-19/h6-15H,1-5H3;3*5-15H,1-4H3/q4*+1. The molecular weight excluding hydrogens is 1440 g/mol. The summed E-state index contributed by atoms with van der Waals surface area (Å²) in [5.74, 6) is 0. The van der Waals surface area contributed by atoms with E-state index in [0.29, 0.717) is 22.9 Å². The van der Waals surface area contributed by atoms with E-state index in [9.17, 15) is 0 Å². The molecule has 0 unspecified atom stereocenters. The Balaban J connectivity index is 0.000000112. The van der Waals surface area contributed by atoms with Crippen LogP contribution >= 0.6 is 0 Å². The second kappa shape index (κ2) is 30.8. The fraction of sp³-hybridized carbons (Fsp3) is 0.162. The van der Waals surface area contributed by atoms with Crippen LogP contribution < -0.4 is 18.3 Å². The van der Waals surface area contributed by atoms with E-state index < -0.39 is 0 Å². The lowest BCUT2D eigenvalue weighted by Crippen LogP contribution is -2.31. The number of pyridine rings is 8. The predicted molar refractivity (Wildman–Crippen MR) is 476 cm³/mol. The first-order valence-corrected chi connectivity index (χ1v) is 39.9. The zero-order chi connectivity index (χ0) is 81.4. The fourth-order valence-corrected chi connectivity index (χ4v) is 17.1. The molecule has 117 heavy (non-hydrogen) atoms. The van der Waals surface area contributed by atoms with E-state index in [4.69, 9.17) is 17.7 Å². The number of furan rings is 4. The molecule has 0 fully saturated rings. The van der Waals surface area contributed by atoms with E-state index in [2.05, 4.69) is 366 Å². The molecule has 20 aromatic rings. The first-order chi connectivity index (χ1) is 56.5. The number of benzene rings is 8. The maximum absolute atomic E-state index is 6.37. The lowest BCUT2D eigenvalue weighted by molar-refractivity contribution is -0.660. The van der Waals surface area contributed by atoms with Gasteiger partial charge in [-0.1, -0.05) is 158 Å². The Bertz CT molecular complexity index is 7100. The van der Waals surface area contributed by atoms with Crippen molar-refractivity contribution in [2.75, 3.05) is 0 Å². The van der Waals surface area contributed by atoms with Crippen LogP contribution in [0.1, 0.15) is 72.8 Å². The van der Waals surface area contributed by atoms with Gasteiger partial charge in [0.25, 0.3) is 0 Å². The van der Waals surface area contributed by atoms with Crippen molar-refractivity contribution in [2.24, 2.45) is 28.2 Å². The lowest BCUT2D eigenvalue weighted by Gasteiger charge is -2.11. The minimum Gasteiger partial charge on any atom is -0.437 e. The van der Waals surface area contributed by atoms with Gasteiger partial charge in [0.2, 0.25) is 45.6 Å². The summed E-state index contributed by atoms with van der Waals surface area (Å²) in [6, 6.07) is 82.9. The minimum atomic E-state index is 0.701. The molecule has 0 saturated heterocycles. The number of hydrogen-bond donors (Lipinski definition) is 0. The van der Waals surface area contributed by atoms with Gasteiger partial charge in [0.1, 0.15) is 28.2 Å². The number of rotatable bonds is 8. The first kappa shape index (κ1) is 75.8. The Morgan fingerprint density at radius 2 is 0.504 bits per heavy atom. The normalized spacial score (nSPS) is 11.5. The van der Waals surface area contributed by atoms with Crippen molar-refractivity contribution in [1.82, 2.24) is 19.9 Å². The second-order valence-electron chi connectivity index (χ2n) is 31.6. The summed E-state index contributed by atoms with van der Waals surface area (Å²) in [4.78, 5) is 18.5. The van der Waals surface area contributed by atoms with Crippen molar-refractivity contribution in [2.45, 2.75) is 90.0 Å². The molecule has 12 nitrogen and oxygen atoms in total. The number of fused-ring (bicyclic) bond motifs is 12. The van der Waals surface area contributed by atoms with Crippen LogP contribution in [0, 0.1) is 90.0 Å². The highest BCUT2D eigenvalue weighted by Crippen LogP contribution is 2.44. The summed E-state index contributed by atoms with van der Waals surface area (Å²) >= 11 is 0. The lowest BCUT2D eigenvalue weighted by atomic mass is 9.95. The molecule has 12 aromatic heterocycles. The second-order valence-corrected chi connectivity index (χ2v) is 31.6. The van der Waals surface area contributed by atoms with Crippen LogP contribution in [0.2, 0.25) is 0 Å². The molecular formula is C105H94N8O4+4. The van der Waals surface area contributed by atoms with Gasteiger partial charge in [-0.05, 0) is 217 Å². The topological polar surface area (TPSA) is 120 Å². The fourth-order valence-electron chi connectivity index (χ4n) is 17.1. The van der Waals surface area contributed by atoms with Crippen molar-refractivity contribution >= 4 is 88.3 Å². The van der Waals surface area contributed by atoms with Gasteiger partial charge >= 0.3 is 0 Å². The van der Waals surface area contributed by atoms with E-state index in [1.54, 1.807) is 0 Å². The van der Waals surface area contributed by atoms with Crippen molar-refractivity contribution in [3.8, 4) is 89.5 Å². The average molecular weight is 1530 g/mol. The van der Waals surface area contributed by atoms with Crippen molar-refractivity contribution in [1.29, 1.82) is 0 Å². The molecule has 0 radical (unpaired) electrons. The Hall–Kier alpha value is -13.8. The highest BCUT2D eigenvalue weighted by molar-refractivity contribution is 6.13. The molecule has 0 aliphatic carbocycles. The molecule has 0 bridgehead atoms. The zero-order valence-corrected chi connectivity index (χ0v) is 69.5. The van der Waals surface area contributed by atoms with Gasteiger partial charge in [0.05, 0.1) is 22.3 Å². The van der Waals surface area contributed by atoms with Crippen LogP contribution in [0.3, 0.4) is 0 Å². The number of nitrogens with zero attached hydrogens (tertiary/aromatic N) is 8.